The Kier molecular flexibility index (Phi) is 4.70. The SMILES string of the molecule is CN=C(NCC1(O)CCCC1)N(C)Cc1cccn1C. The van der Waals surface area contributed by atoms with E-state index in [1.54, 1.807) is 7.05 Å². The molecule has 1 fully saturated rings. The fraction of sp³-hybridized carbons (Fsp3) is 0.667. The van der Waals surface area contributed by atoms with Crippen molar-refractivity contribution < 1.29 is 5.11 Å². The Morgan fingerprint density at radius 2 is 2.20 bits per heavy atom. The number of aryl methyl sites for hydroxylation is 1. The van der Waals surface area contributed by atoms with Gasteiger partial charge in [-0.05, 0) is 25.0 Å². The number of aromatic nitrogens is 1. The number of aliphatic hydroxyl groups is 1. The van der Waals surface area contributed by atoms with Crippen molar-refractivity contribution >= 4 is 5.96 Å². The second kappa shape index (κ2) is 6.31. The van der Waals surface area contributed by atoms with E-state index < -0.39 is 5.60 Å². The van der Waals surface area contributed by atoms with Gasteiger partial charge in [0.1, 0.15) is 0 Å². The summed E-state index contributed by atoms with van der Waals surface area (Å²) in [7, 11) is 5.84. The van der Waals surface area contributed by atoms with Crippen molar-refractivity contribution in [1.82, 2.24) is 14.8 Å². The van der Waals surface area contributed by atoms with Gasteiger partial charge in [-0.2, -0.15) is 0 Å². The molecule has 5 heteroatoms. The topological polar surface area (TPSA) is 52.8 Å². The van der Waals surface area contributed by atoms with Crippen LogP contribution in [0.5, 0.6) is 0 Å². The largest absolute Gasteiger partial charge is 0.388 e. The third-order valence-electron chi connectivity index (χ3n) is 4.13. The van der Waals surface area contributed by atoms with Gasteiger partial charge in [-0.25, -0.2) is 0 Å². The first kappa shape index (κ1) is 14.9. The standard InChI is InChI=1S/C15H26N4O/c1-16-14(17-12-15(20)8-4-5-9-15)19(3)11-13-7-6-10-18(13)2/h6-7,10,20H,4-5,8-9,11-12H2,1-3H3,(H,16,17). The maximum atomic E-state index is 10.4. The summed E-state index contributed by atoms with van der Waals surface area (Å²) in [4.78, 5) is 6.38. The summed E-state index contributed by atoms with van der Waals surface area (Å²) < 4.78 is 2.11. The predicted molar refractivity (Wildman–Crippen MR) is 81.7 cm³/mol. The monoisotopic (exact) mass is 278 g/mol. The minimum atomic E-state index is -0.554. The molecule has 1 heterocycles. The zero-order valence-electron chi connectivity index (χ0n) is 12.8. The highest BCUT2D eigenvalue weighted by atomic mass is 16.3. The van der Waals surface area contributed by atoms with Crippen LogP contribution in [0, 0.1) is 0 Å². The van der Waals surface area contributed by atoms with E-state index in [4.69, 9.17) is 0 Å². The van der Waals surface area contributed by atoms with Gasteiger partial charge in [-0.3, -0.25) is 4.99 Å². The second-order valence-corrected chi connectivity index (χ2v) is 5.80. The molecule has 5 nitrogen and oxygen atoms in total. The van der Waals surface area contributed by atoms with Crippen LogP contribution in [0.15, 0.2) is 23.3 Å². The average Bonchev–Trinajstić information content (AvgIpc) is 3.01. The van der Waals surface area contributed by atoms with Crippen LogP contribution in [-0.2, 0) is 13.6 Å². The number of guanidine groups is 1. The fourth-order valence-electron chi connectivity index (χ4n) is 2.82. The van der Waals surface area contributed by atoms with Gasteiger partial charge in [0.15, 0.2) is 5.96 Å². The summed E-state index contributed by atoms with van der Waals surface area (Å²) in [5.41, 5.74) is 0.678. The zero-order chi connectivity index (χ0) is 14.6. The Hall–Kier alpha value is -1.49. The first-order valence-corrected chi connectivity index (χ1v) is 7.28. The number of aliphatic imine (C=N–C) groups is 1. The lowest BCUT2D eigenvalue weighted by Gasteiger charge is -2.27. The van der Waals surface area contributed by atoms with E-state index in [-0.39, 0.29) is 0 Å². The third kappa shape index (κ3) is 3.54. The van der Waals surface area contributed by atoms with Crippen LogP contribution in [-0.4, -0.2) is 46.8 Å². The molecule has 1 aliphatic carbocycles. The summed E-state index contributed by atoms with van der Waals surface area (Å²) in [6, 6.07) is 4.15. The van der Waals surface area contributed by atoms with Crippen LogP contribution in [0.2, 0.25) is 0 Å². The van der Waals surface area contributed by atoms with Crippen molar-refractivity contribution in [3.63, 3.8) is 0 Å². The van der Waals surface area contributed by atoms with Gasteiger partial charge < -0.3 is 19.9 Å². The van der Waals surface area contributed by atoms with Crippen LogP contribution in [0.25, 0.3) is 0 Å². The minimum absolute atomic E-state index is 0.554. The summed E-state index contributed by atoms with van der Waals surface area (Å²) in [5.74, 6) is 0.825. The number of nitrogens with one attached hydrogen (secondary N) is 1. The number of hydrogen-bond donors (Lipinski definition) is 2. The Balaban J connectivity index is 1.89. The van der Waals surface area contributed by atoms with Crippen molar-refractivity contribution in [3.05, 3.63) is 24.0 Å². The van der Waals surface area contributed by atoms with Crippen LogP contribution in [0.4, 0.5) is 0 Å². The molecule has 0 aliphatic heterocycles. The molecule has 0 saturated heterocycles. The third-order valence-corrected chi connectivity index (χ3v) is 4.13. The smallest absolute Gasteiger partial charge is 0.193 e. The van der Waals surface area contributed by atoms with E-state index in [9.17, 15) is 5.11 Å². The highest BCUT2D eigenvalue weighted by molar-refractivity contribution is 5.79. The molecule has 1 aromatic rings. The molecule has 20 heavy (non-hydrogen) atoms. The van der Waals surface area contributed by atoms with Crippen molar-refractivity contribution in [2.75, 3.05) is 20.6 Å². The van der Waals surface area contributed by atoms with Gasteiger partial charge in [-0.1, -0.05) is 12.8 Å². The van der Waals surface area contributed by atoms with Crippen molar-refractivity contribution in [2.45, 2.75) is 37.8 Å². The van der Waals surface area contributed by atoms with Crippen LogP contribution >= 0.6 is 0 Å². The van der Waals surface area contributed by atoms with E-state index in [0.29, 0.717) is 6.54 Å². The minimum Gasteiger partial charge on any atom is -0.388 e. The summed E-state index contributed by atoms with van der Waals surface area (Å²) >= 11 is 0. The van der Waals surface area contributed by atoms with E-state index in [1.807, 2.05) is 26.4 Å². The lowest BCUT2D eigenvalue weighted by molar-refractivity contribution is 0.0516. The van der Waals surface area contributed by atoms with E-state index in [1.165, 1.54) is 5.69 Å². The molecule has 0 amide bonds. The van der Waals surface area contributed by atoms with E-state index in [2.05, 4.69) is 25.8 Å². The second-order valence-electron chi connectivity index (χ2n) is 5.80. The van der Waals surface area contributed by atoms with Crippen molar-refractivity contribution in [3.8, 4) is 0 Å². The number of rotatable bonds is 4. The average molecular weight is 278 g/mol. The number of nitrogens with zero attached hydrogens (tertiary/aromatic N) is 3. The van der Waals surface area contributed by atoms with E-state index >= 15 is 0 Å². The maximum absolute atomic E-state index is 10.4. The van der Waals surface area contributed by atoms with Gasteiger partial charge in [0.25, 0.3) is 0 Å². The van der Waals surface area contributed by atoms with Crippen LogP contribution < -0.4 is 5.32 Å². The predicted octanol–water partition coefficient (Wildman–Crippen LogP) is 1.34. The molecule has 0 radical (unpaired) electrons. The molecular weight excluding hydrogens is 252 g/mol. The highest BCUT2D eigenvalue weighted by Gasteiger charge is 2.31. The molecule has 0 aromatic carbocycles. The lowest BCUT2D eigenvalue weighted by atomic mass is 10.0. The van der Waals surface area contributed by atoms with E-state index in [0.717, 1.165) is 38.2 Å². The molecule has 1 aliphatic rings. The molecule has 0 spiro atoms. The molecular formula is C15H26N4O. The molecule has 0 atom stereocenters. The highest BCUT2D eigenvalue weighted by Crippen LogP contribution is 2.28. The first-order chi connectivity index (χ1) is 9.54. The summed E-state index contributed by atoms with van der Waals surface area (Å²) in [6.45, 7) is 1.37. The van der Waals surface area contributed by atoms with Crippen LogP contribution in [0.1, 0.15) is 31.4 Å². The quantitative estimate of drug-likeness (QED) is 0.645. The molecule has 112 valence electrons. The Morgan fingerprint density at radius 1 is 1.50 bits per heavy atom. The van der Waals surface area contributed by atoms with Gasteiger partial charge in [-0.15, -0.1) is 0 Å². The van der Waals surface area contributed by atoms with Crippen molar-refractivity contribution in [2.24, 2.45) is 12.0 Å². The number of hydrogen-bond acceptors (Lipinski definition) is 2. The summed E-state index contributed by atoms with van der Waals surface area (Å²) in [6.07, 6.45) is 6.06. The normalized spacial score (nSPS) is 18.3. The summed E-state index contributed by atoms with van der Waals surface area (Å²) in [5, 5.41) is 13.7. The fourth-order valence-corrected chi connectivity index (χ4v) is 2.82. The van der Waals surface area contributed by atoms with Crippen molar-refractivity contribution in [1.29, 1.82) is 0 Å². The maximum Gasteiger partial charge on any atom is 0.193 e. The Labute approximate surface area is 121 Å². The van der Waals surface area contributed by atoms with Gasteiger partial charge >= 0.3 is 0 Å². The van der Waals surface area contributed by atoms with Gasteiger partial charge in [0, 0.05) is 39.6 Å². The first-order valence-electron chi connectivity index (χ1n) is 7.28. The molecule has 0 bridgehead atoms. The Bertz CT molecular complexity index is 460. The molecule has 1 saturated carbocycles. The van der Waals surface area contributed by atoms with Gasteiger partial charge in [0.2, 0.25) is 0 Å². The molecule has 2 rings (SSSR count). The molecule has 1 aromatic heterocycles. The molecule has 2 N–H and O–H groups in total. The molecule has 0 unspecified atom stereocenters. The van der Waals surface area contributed by atoms with Crippen LogP contribution in [0.3, 0.4) is 0 Å². The zero-order valence-corrected chi connectivity index (χ0v) is 12.8. The van der Waals surface area contributed by atoms with Gasteiger partial charge in [0.05, 0.1) is 12.1 Å². The lowest BCUT2D eigenvalue weighted by Crippen LogP contribution is -2.46. The Morgan fingerprint density at radius 3 is 2.75 bits per heavy atom.